The van der Waals surface area contributed by atoms with Crippen LogP contribution in [0.3, 0.4) is 0 Å². The van der Waals surface area contributed by atoms with Crippen LogP contribution in [-0.2, 0) is 9.53 Å². The predicted octanol–water partition coefficient (Wildman–Crippen LogP) is 4.89. The van der Waals surface area contributed by atoms with Crippen molar-refractivity contribution in [2.45, 2.75) is 31.9 Å². The van der Waals surface area contributed by atoms with Crippen LogP contribution in [0, 0.1) is 0 Å². The summed E-state index contributed by atoms with van der Waals surface area (Å²) >= 11 is 3.98. The SMILES string of the molecule is CCOC(=O)c1c(-c2cccs2)csc1NC(=O)CSc1nnc(C(C)C)o1. The number of hydrogen-bond donors (Lipinski definition) is 1. The smallest absolute Gasteiger partial charge is 0.341 e. The van der Waals surface area contributed by atoms with Crippen LogP contribution >= 0.6 is 34.4 Å². The number of anilines is 1. The predicted molar refractivity (Wildman–Crippen MR) is 111 cm³/mol. The molecule has 3 heterocycles. The monoisotopic (exact) mass is 437 g/mol. The molecule has 1 N–H and O–H groups in total. The summed E-state index contributed by atoms with van der Waals surface area (Å²) in [7, 11) is 0. The third kappa shape index (κ3) is 4.81. The molecule has 0 aliphatic rings. The highest BCUT2D eigenvalue weighted by Crippen LogP contribution is 2.38. The first-order valence-corrected chi connectivity index (χ1v) is 11.3. The molecular formula is C18H19N3O4S3. The maximum Gasteiger partial charge on any atom is 0.341 e. The fourth-order valence-corrected chi connectivity index (χ4v) is 4.63. The lowest BCUT2D eigenvalue weighted by Gasteiger charge is -2.07. The number of hydrogen-bond acceptors (Lipinski definition) is 9. The number of nitrogens with zero attached hydrogens (tertiary/aromatic N) is 2. The van der Waals surface area contributed by atoms with Gasteiger partial charge in [-0.2, -0.15) is 0 Å². The molecule has 0 aliphatic heterocycles. The van der Waals surface area contributed by atoms with Gasteiger partial charge in [0.1, 0.15) is 10.6 Å². The van der Waals surface area contributed by atoms with E-state index >= 15 is 0 Å². The minimum atomic E-state index is -0.450. The summed E-state index contributed by atoms with van der Waals surface area (Å²) in [5.41, 5.74) is 1.15. The van der Waals surface area contributed by atoms with E-state index in [-0.39, 0.29) is 24.2 Å². The van der Waals surface area contributed by atoms with Crippen LogP contribution in [0.2, 0.25) is 0 Å². The van der Waals surface area contributed by atoms with Gasteiger partial charge in [0.25, 0.3) is 5.22 Å². The van der Waals surface area contributed by atoms with Gasteiger partial charge in [-0.05, 0) is 18.4 Å². The summed E-state index contributed by atoms with van der Waals surface area (Å²) < 4.78 is 10.7. The number of aromatic nitrogens is 2. The van der Waals surface area contributed by atoms with Gasteiger partial charge in [0.15, 0.2) is 0 Å². The van der Waals surface area contributed by atoms with Gasteiger partial charge in [0.05, 0.1) is 12.4 Å². The number of thiophene rings is 2. The summed E-state index contributed by atoms with van der Waals surface area (Å²) in [6.45, 7) is 5.91. The van der Waals surface area contributed by atoms with E-state index < -0.39 is 5.97 Å². The molecule has 0 bridgehead atoms. The number of amides is 1. The Morgan fingerprint density at radius 3 is 2.79 bits per heavy atom. The largest absolute Gasteiger partial charge is 0.462 e. The van der Waals surface area contributed by atoms with Gasteiger partial charge < -0.3 is 14.5 Å². The summed E-state index contributed by atoms with van der Waals surface area (Å²) in [5, 5.41) is 15.3. The van der Waals surface area contributed by atoms with Crippen LogP contribution in [-0.4, -0.2) is 34.4 Å². The summed E-state index contributed by atoms with van der Waals surface area (Å²) in [5.74, 6) is 0.0396. The van der Waals surface area contributed by atoms with E-state index in [1.165, 1.54) is 22.7 Å². The Morgan fingerprint density at radius 1 is 1.32 bits per heavy atom. The lowest BCUT2D eigenvalue weighted by Crippen LogP contribution is -2.16. The van der Waals surface area contributed by atoms with E-state index in [1.54, 1.807) is 6.92 Å². The summed E-state index contributed by atoms with van der Waals surface area (Å²) in [6.07, 6.45) is 0. The van der Waals surface area contributed by atoms with E-state index in [4.69, 9.17) is 9.15 Å². The van der Waals surface area contributed by atoms with Crippen molar-refractivity contribution in [1.29, 1.82) is 0 Å². The zero-order valence-corrected chi connectivity index (χ0v) is 18.0. The molecule has 10 heteroatoms. The third-order valence-corrected chi connectivity index (χ3v) is 6.17. The first kappa shape index (κ1) is 20.6. The van der Waals surface area contributed by atoms with Crippen molar-refractivity contribution in [3.8, 4) is 10.4 Å². The average Bonchev–Trinajstić information content (AvgIpc) is 3.40. The zero-order valence-electron chi connectivity index (χ0n) is 15.6. The normalized spacial score (nSPS) is 11.0. The number of rotatable bonds is 8. The van der Waals surface area contributed by atoms with Gasteiger partial charge in [0, 0.05) is 21.7 Å². The van der Waals surface area contributed by atoms with Gasteiger partial charge in [-0.25, -0.2) is 4.79 Å². The van der Waals surface area contributed by atoms with E-state index in [2.05, 4.69) is 15.5 Å². The van der Waals surface area contributed by atoms with Crippen LogP contribution < -0.4 is 5.32 Å². The highest BCUT2D eigenvalue weighted by Gasteiger charge is 2.23. The second-order valence-corrected chi connectivity index (χ2v) is 8.70. The number of thioether (sulfide) groups is 1. The fraction of sp³-hybridized carbons (Fsp3) is 0.333. The maximum atomic E-state index is 12.5. The number of nitrogens with one attached hydrogen (secondary N) is 1. The molecule has 0 saturated carbocycles. The van der Waals surface area contributed by atoms with Gasteiger partial charge in [0.2, 0.25) is 11.8 Å². The Morgan fingerprint density at radius 2 is 2.14 bits per heavy atom. The molecule has 0 aliphatic carbocycles. The number of esters is 1. The molecule has 7 nitrogen and oxygen atoms in total. The van der Waals surface area contributed by atoms with Crippen LogP contribution in [0.15, 0.2) is 32.5 Å². The Hall–Kier alpha value is -2.17. The van der Waals surface area contributed by atoms with E-state index in [9.17, 15) is 9.59 Å². The van der Waals surface area contributed by atoms with E-state index in [0.717, 1.165) is 22.2 Å². The molecule has 0 atom stereocenters. The number of ether oxygens (including phenoxy) is 1. The lowest BCUT2D eigenvalue weighted by atomic mass is 10.1. The highest BCUT2D eigenvalue weighted by atomic mass is 32.2. The van der Waals surface area contributed by atoms with E-state index in [0.29, 0.717) is 21.7 Å². The van der Waals surface area contributed by atoms with Crippen LogP contribution in [0.5, 0.6) is 0 Å². The molecule has 0 saturated heterocycles. The van der Waals surface area contributed by atoms with Crippen molar-refractivity contribution in [3.05, 3.63) is 34.3 Å². The standard InChI is InChI=1S/C18H19N3O4S3/c1-4-24-17(23)14-11(12-6-5-7-26-12)8-27-16(14)19-13(22)9-28-18-21-20-15(25-18)10(2)3/h5-8,10H,4,9H2,1-3H3,(H,19,22). The molecule has 3 rings (SSSR count). The molecule has 0 unspecified atom stereocenters. The minimum Gasteiger partial charge on any atom is -0.462 e. The van der Waals surface area contributed by atoms with Crippen molar-refractivity contribution in [2.24, 2.45) is 0 Å². The van der Waals surface area contributed by atoms with Crippen LogP contribution in [0.4, 0.5) is 5.00 Å². The van der Waals surface area contributed by atoms with Crippen LogP contribution in [0.25, 0.3) is 10.4 Å². The molecule has 1 amide bonds. The Kier molecular flexibility index (Phi) is 6.87. The molecule has 0 fully saturated rings. The average molecular weight is 438 g/mol. The molecule has 0 radical (unpaired) electrons. The topological polar surface area (TPSA) is 94.3 Å². The van der Waals surface area contributed by atoms with Crippen molar-refractivity contribution in [2.75, 3.05) is 17.7 Å². The number of carbonyl (C=O) groups excluding carboxylic acids is 2. The molecule has 28 heavy (non-hydrogen) atoms. The van der Waals surface area contributed by atoms with Crippen molar-refractivity contribution < 1.29 is 18.7 Å². The van der Waals surface area contributed by atoms with Gasteiger partial charge in [-0.1, -0.05) is 31.7 Å². The third-order valence-electron chi connectivity index (χ3n) is 3.55. The summed E-state index contributed by atoms with van der Waals surface area (Å²) in [4.78, 5) is 25.8. The second kappa shape index (κ2) is 9.35. The van der Waals surface area contributed by atoms with Crippen molar-refractivity contribution in [3.63, 3.8) is 0 Å². The molecule has 0 spiro atoms. The summed E-state index contributed by atoms with van der Waals surface area (Å²) in [6, 6.07) is 3.84. The molecule has 3 aromatic heterocycles. The molecule has 0 aromatic carbocycles. The highest BCUT2D eigenvalue weighted by molar-refractivity contribution is 7.99. The van der Waals surface area contributed by atoms with Gasteiger partial charge in [-0.15, -0.1) is 32.9 Å². The van der Waals surface area contributed by atoms with E-state index in [1.807, 2.05) is 36.7 Å². The van der Waals surface area contributed by atoms with Gasteiger partial charge in [-0.3, -0.25) is 4.79 Å². The molecule has 148 valence electrons. The fourth-order valence-electron chi connectivity index (χ4n) is 2.27. The lowest BCUT2D eigenvalue weighted by molar-refractivity contribution is -0.113. The molecular weight excluding hydrogens is 418 g/mol. The van der Waals surface area contributed by atoms with Gasteiger partial charge >= 0.3 is 5.97 Å². The minimum absolute atomic E-state index is 0.0915. The zero-order chi connectivity index (χ0) is 20.1. The van der Waals surface area contributed by atoms with Crippen LogP contribution in [0.1, 0.15) is 42.9 Å². The Labute approximate surface area is 174 Å². The first-order valence-electron chi connectivity index (χ1n) is 8.58. The Balaban J connectivity index is 1.72. The maximum absolute atomic E-state index is 12.5. The second-order valence-electron chi connectivity index (χ2n) is 5.95. The quantitative estimate of drug-likeness (QED) is 0.396. The number of carbonyl (C=O) groups is 2. The Bertz CT molecular complexity index is 947. The van der Waals surface area contributed by atoms with Crippen molar-refractivity contribution >= 4 is 51.3 Å². The first-order chi connectivity index (χ1) is 13.5. The van der Waals surface area contributed by atoms with Crippen molar-refractivity contribution in [1.82, 2.24) is 10.2 Å². The molecule has 3 aromatic rings.